The lowest BCUT2D eigenvalue weighted by Crippen LogP contribution is -2.29. The Morgan fingerprint density at radius 2 is 1.85 bits per heavy atom. The lowest BCUT2D eigenvalue weighted by Gasteiger charge is -2.16. The highest BCUT2D eigenvalue weighted by Gasteiger charge is 2.26. The molecule has 1 amide bonds. The molecule has 0 radical (unpaired) electrons. The zero-order valence-corrected chi connectivity index (χ0v) is 15.4. The number of halogens is 1. The molecule has 6 nitrogen and oxygen atoms in total. The molecule has 1 atom stereocenters. The average molecular weight is 383 g/mol. The Morgan fingerprint density at radius 1 is 1.07 bits per heavy atom. The predicted octanol–water partition coefficient (Wildman–Crippen LogP) is 3.84. The van der Waals surface area contributed by atoms with E-state index in [1.54, 1.807) is 24.3 Å². The maximum Gasteiger partial charge on any atom is 0.318 e. The van der Waals surface area contributed by atoms with E-state index >= 15 is 0 Å². The van der Waals surface area contributed by atoms with Crippen LogP contribution in [-0.4, -0.2) is 29.2 Å². The largest absolute Gasteiger partial charge is 0.405 e. The summed E-state index contributed by atoms with van der Waals surface area (Å²) in [5, 5.41) is 11.9. The summed E-state index contributed by atoms with van der Waals surface area (Å²) in [7, 11) is 0. The van der Waals surface area contributed by atoms with E-state index in [1.807, 2.05) is 30.3 Å². The predicted molar refractivity (Wildman–Crippen MR) is 103 cm³/mol. The number of aromatic nitrogens is 2. The Morgan fingerprint density at radius 3 is 2.59 bits per heavy atom. The molecule has 138 valence electrons. The van der Waals surface area contributed by atoms with Crippen LogP contribution in [0.4, 0.5) is 6.01 Å². The zero-order valence-electron chi connectivity index (χ0n) is 14.6. The van der Waals surface area contributed by atoms with Crippen LogP contribution in [0.2, 0.25) is 5.02 Å². The van der Waals surface area contributed by atoms with E-state index in [0.717, 1.165) is 31.5 Å². The van der Waals surface area contributed by atoms with E-state index < -0.39 is 6.04 Å². The molecule has 2 heterocycles. The van der Waals surface area contributed by atoms with Gasteiger partial charge >= 0.3 is 6.01 Å². The van der Waals surface area contributed by atoms with Crippen LogP contribution >= 0.6 is 11.6 Å². The van der Waals surface area contributed by atoms with Crippen molar-refractivity contribution in [1.29, 1.82) is 0 Å². The number of anilines is 1. The van der Waals surface area contributed by atoms with Gasteiger partial charge in [0.15, 0.2) is 0 Å². The van der Waals surface area contributed by atoms with Gasteiger partial charge in [-0.25, -0.2) is 0 Å². The van der Waals surface area contributed by atoms with Gasteiger partial charge in [-0.3, -0.25) is 4.79 Å². The van der Waals surface area contributed by atoms with Crippen molar-refractivity contribution in [1.82, 2.24) is 15.5 Å². The molecule has 0 aliphatic carbocycles. The Bertz CT molecular complexity index is 922. The van der Waals surface area contributed by atoms with Gasteiger partial charge in [0.1, 0.15) is 6.04 Å². The average Bonchev–Trinajstić information content (AvgIpc) is 3.38. The van der Waals surface area contributed by atoms with E-state index in [2.05, 4.69) is 20.4 Å². The molecular formula is C20H19ClN4O2. The number of carbonyl (C=O) groups excluding carboxylic acids is 1. The summed E-state index contributed by atoms with van der Waals surface area (Å²) >= 11 is 6.01. The quantitative estimate of drug-likeness (QED) is 0.725. The summed E-state index contributed by atoms with van der Waals surface area (Å²) in [6.45, 7) is 1.82. The van der Waals surface area contributed by atoms with Crippen molar-refractivity contribution in [3.05, 3.63) is 76.6 Å². The highest BCUT2D eigenvalue weighted by molar-refractivity contribution is 6.30. The van der Waals surface area contributed by atoms with Crippen LogP contribution in [0.5, 0.6) is 0 Å². The highest BCUT2D eigenvalue weighted by atomic mass is 35.5. The molecule has 1 aliphatic rings. The second-order valence-corrected chi connectivity index (χ2v) is 6.88. The summed E-state index contributed by atoms with van der Waals surface area (Å²) < 4.78 is 5.91. The third-order valence-electron chi connectivity index (χ3n) is 4.55. The van der Waals surface area contributed by atoms with E-state index in [0.29, 0.717) is 22.5 Å². The zero-order chi connectivity index (χ0) is 18.6. The van der Waals surface area contributed by atoms with Gasteiger partial charge in [0.25, 0.3) is 5.91 Å². The normalized spacial score (nSPS) is 14.9. The molecule has 4 rings (SSSR count). The van der Waals surface area contributed by atoms with Crippen LogP contribution in [-0.2, 0) is 0 Å². The van der Waals surface area contributed by atoms with Crippen LogP contribution in [0.15, 0.2) is 59.0 Å². The molecule has 1 fully saturated rings. The topological polar surface area (TPSA) is 71.3 Å². The minimum absolute atomic E-state index is 0.257. The van der Waals surface area contributed by atoms with Gasteiger partial charge in [0, 0.05) is 23.7 Å². The first-order chi connectivity index (χ1) is 13.2. The lowest BCUT2D eigenvalue weighted by atomic mass is 10.1. The molecule has 0 bridgehead atoms. The molecule has 0 saturated carbocycles. The van der Waals surface area contributed by atoms with Crippen molar-refractivity contribution < 1.29 is 9.21 Å². The highest BCUT2D eigenvalue weighted by Crippen LogP contribution is 2.26. The summed E-state index contributed by atoms with van der Waals surface area (Å²) in [4.78, 5) is 14.8. The first kappa shape index (κ1) is 17.5. The van der Waals surface area contributed by atoms with Gasteiger partial charge in [0.2, 0.25) is 5.89 Å². The second-order valence-electron chi connectivity index (χ2n) is 6.44. The number of nitrogens with zero attached hydrogens (tertiary/aromatic N) is 3. The molecule has 7 heteroatoms. The summed E-state index contributed by atoms with van der Waals surface area (Å²) in [5.41, 5.74) is 1.34. The van der Waals surface area contributed by atoms with Gasteiger partial charge in [-0.15, -0.1) is 5.10 Å². The van der Waals surface area contributed by atoms with Crippen molar-refractivity contribution >= 4 is 23.5 Å². The lowest BCUT2D eigenvalue weighted by molar-refractivity contribution is 0.0938. The van der Waals surface area contributed by atoms with Crippen molar-refractivity contribution in [3.63, 3.8) is 0 Å². The van der Waals surface area contributed by atoms with Gasteiger partial charge in [-0.2, -0.15) is 0 Å². The van der Waals surface area contributed by atoms with Crippen LogP contribution in [0, 0.1) is 0 Å². The molecule has 1 aromatic heterocycles. The van der Waals surface area contributed by atoms with E-state index in [1.165, 1.54) is 0 Å². The molecule has 1 aliphatic heterocycles. The Balaban J connectivity index is 1.62. The Kier molecular flexibility index (Phi) is 5.07. The first-order valence-electron chi connectivity index (χ1n) is 8.90. The van der Waals surface area contributed by atoms with Crippen molar-refractivity contribution in [2.24, 2.45) is 0 Å². The van der Waals surface area contributed by atoms with Crippen LogP contribution < -0.4 is 10.2 Å². The van der Waals surface area contributed by atoms with Crippen molar-refractivity contribution in [2.75, 3.05) is 18.0 Å². The SMILES string of the molecule is O=C(NC(c1ccccc1)c1nnc(N2CCCC2)o1)c1cccc(Cl)c1. The molecule has 1 unspecified atom stereocenters. The van der Waals surface area contributed by atoms with E-state index in [9.17, 15) is 4.79 Å². The van der Waals surface area contributed by atoms with Gasteiger partial charge in [-0.1, -0.05) is 53.1 Å². The Labute approximate surface area is 162 Å². The standard InChI is InChI=1S/C20H19ClN4O2/c21-16-10-6-9-15(13-16)18(26)22-17(14-7-2-1-3-8-14)19-23-24-20(27-19)25-11-4-5-12-25/h1-3,6-10,13,17H,4-5,11-12H2,(H,22,26). The number of hydrogen-bond acceptors (Lipinski definition) is 5. The third-order valence-corrected chi connectivity index (χ3v) is 4.78. The fraction of sp³-hybridized carbons (Fsp3) is 0.250. The number of amides is 1. The van der Waals surface area contributed by atoms with Crippen LogP contribution in [0.1, 0.15) is 40.7 Å². The molecule has 0 spiro atoms. The number of hydrogen-bond donors (Lipinski definition) is 1. The van der Waals surface area contributed by atoms with Crippen molar-refractivity contribution in [2.45, 2.75) is 18.9 Å². The molecule has 1 N–H and O–H groups in total. The van der Waals surface area contributed by atoms with Gasteiger partial charge in [0.05, 0.1) is 0 Å². The smallest absolute Gasteiger partial charge is 0.318 e. The minimum Gasteiger partial charge on any atom is -0.405 e. The van der Waals surface area contributed by atoms with E-state index in [4.69, 9.17) is 16.0 Å². The van der Waals surface area contributed by atoms with Gasteiger partial charge < -0.3 is 14.6 Å². The summed E-state index contributed by atoms with van der Waals surface area (Å²) in [6.07, 6.45) is 2.23. The fourth-order valence-corrected chi connectivity index (χ4v) is 3.35. The number of carbonyl (C=O) groups is 1. The monoisotopic (exact) mass is 382 g/mol. The minimum atomic E-state index is -0.540. The molecule has 2 aromatic carbocycles. The number of nitrogens with one attached hydrogen (secondary N) is 1. The first-order valence-corrected chi connectivity index (χ1v) is 9.28. The maximum absolute atomic E-state index is 12.7. The number of rotatable bonds is 5. The van der Waals surface area contributed by atoms with E-state index in [-0.39, 0.29) is 5.91 Å². The fourth-order valence-electron chi connectivity index (χ4n) is 3.16. The second kappa shape index (κ2) is 7.80. The molecule has 3 aromatic rings. The van der Waals surface area contributed by atoms with Crippen LogP contribution in [0.25, 0.3) is 0 Å². The molecule has 1 saturated heterocycles. The molecular weight excluding hydrogens is 364 g/mol. The van der Waals surface area contributed by atoms with Gasteiger partial charge in [-0.05, 0) is 36.6 Å². The summed E-state index contributed by atoms with van der Waals surface area (Å²) in [5.74, 6) is 0.103. The Hall–Kier alpha value is -2.86. The van der Waals surface area contributed by atoms with Crippen LogP contribution in [0.3, 0.4) is 0 Å². The maximum atomic E-state index is 12.7. The summed E-state index contributed by atoms with van der Waals surface area (Å²) in [6, 6.07) is 16.3. The molecule has 27 heavy (non-hydrogen) atoms. The number of benzene rings is 2. The van der Waals surface area contributed by atoms with Crippen molar-refractivity contribution in [3.8, 4) is 0 Å². The third kappa shape index (κ3) is 3.95.